The fraction of sp³-hybridized carbons (Fsp3) is 0.381. The number of rotatable bonds is 7. The number of hydrogen-bond acceptors (Lipinski definition) is 5. The number of amides is 1. The number of ether oxygens (including phenoxy) is 2. The van der Waals surface area contributed by atoms with Crippen LogP contribution < -0.4 is 14.8 Å². The Morgan fingerprint density at radius 1 is 1.07 bits per heavy atom. The lowest BCUT2D eigenvalue weighted by atomic mass is 10.2. The zero-order valence-electron chi connectivity index (χ0n) is 16.7. The van der Waals surface area contributed by atoms with Gasteiger partial charge in [-0.1, -0.05) is 24.1 Å². The second kappa shape index (κ2) is 9.28. The van der Waals surface area contributed by atoms with Crippen LogP contribution in [-0.2, 0) is 14.8 Å². The van der Waals surface area contributed by atoms with Crippen molar-refractivity contribution in [3.63, 3.8) is 0 Å². The maximum absolute atomic E-state index is 12.9. The molecule has 0 radical (unpaired) electrons. The number of carbonyl (C=O) groups is 1. The quantitative estimate of drug-likeness (QED) is 0.746. The highest BCUT2D eigenvalue weighted by atomic mass is 32.2. The number of nitrogens with zero attached hydrogens (tertiary/aromatic N) is 1. The molecule has 1 heterocycles. The monoisotopic (exact) mass is 418 g/mol. The van der Waals surface area contributed by atoms with Gasteiger partial charge in [0.05, 0.1) is 17.7 Å². The van der Waals surface area contributed by atoms with Gasteiger partial charge >= 0.3 is 0 Å². The van der Waals surface area contributed by atoms with Crippen molar-refractivity contribution in [3.05, 3.63) is 48.0 Å². The number of carbonyl (C=O) groups excluding carboxylic acids is 1. The minimum Gasteiger partial charge on any atom is -0.495 e. The fourth-order valence-corrected chi connectivity index (χ4v) is 4.71. The molecule has 1 saturated heterocycles. The molecule has 0 unspecified atom stereocenters. The van der Waals surface area contributed by atoms with Crippen molar-refractivity contribution in [1.29, 1.82) is 0 Å². The summed E-state index contributed by atoms with van der Waals surface area (Å²) in [5.41, 5.74) is 1.39. The number of methoxy groups -OCH3 is 1. The van der Waals surface area contributed by atoms with E-state index in [4.69, 9.17) is 9.47 Å². The van der Waals surface area contributed by atoms with Crippen LogP contribution in [0.15, 0.2) is 47.4 Å². The maximum Gasteiger partial charge on any atom is 0.262 e. The molecule has 1 N–H and O–H groups in total. The van der Waals surface area contributed by atoms with Crippen LogP contribution in [0.2, 0.25) is 0 Å². The molecule has 0 aromatic heterocycles. The van der Waals surface area contributed by atoms with E-state index in [1.807, 2.05) is 19.1 Å². The van der Waals surface area contributed by atoms with Gasteiger partial charge in [-0.2, -0.15) is 4.31 Å². The first-order valence-electron chi connectivity index (χ1n) is 9.57. The average molecular weight is 419 g/mol. The molecule has 7 nitrogen and oxygen atoms in total. The lowest BCUT2D eigenvalue weighted by molar-refractivity contribution is -0.118. The van der Waals surface area contributed by atoms with Gasteiger partial charge in [0.1, 0.15) is 11.5 Å². The van der Waals surface area contributed by atoms with Crippen LogP contribution in [0.4, 0.5) is 5.69 Å². The summed E-state index contributed by atoms with van der Waals surface area (Å²) in [6.07, 6.45) is 2.75. The molecule has 29 heavy (non-hydrogen) atoms. The minimum atomic E-state index is -3.61. The van der Waals surface area contributed by atoms with Gasteiger partial charge in [-0.05, 0) is 50.1 Å². The van der Waals surface area contributed by atoms with Crippen LogP contribution in [0.1, 0.15) is 24.8 Å². The first-order chi connectivity index (χ1) is 13.9. The molecule has 156 valence electrons. The lowest BCUT2D eigenvalue weighted by Gasteiger charge is -2.26. The van der Waals surface area contributed by atoms with Gasteiger partial charge in [0.2, 0.25) is 10.0 Å². The average Bonchev–Trinajstić information content (AvgIpc) is 2.74. The second-order valence-corrected chi connectivity index (χ2v) is 8.91. The van der Waals surface area contributed by atoms with Crippen molar-refractivity contribution in [2.45, 2.75) is 31.1 Å². The van der Waals surface area contributed by atoms with Crippen LogP contribution in [0, 0.1) is 6.92 Å². The Hall–Kier alpha value is -2.58. The highest BCUT2D eigenvalue weighted by molar-refractivity contribution is 7.89. The normalized spacial score (nSPS) is 15.0. The number of sulfonamides is 1. The Labute approximate surface area is 171 Å². The summed E-state index contributed by atoms with van der Waals surface area (Å²) in [5, 5.41) is 2.69. The summed E-state index contributed by atoms with van der Waals surface area (Å²) < 4.78 is 38.1. The van der Waals surface area contributed by atoms with E-state index >= 15 is 0 Å². The van der Waals surface area contributed by atoms with Crippen molar-refractivity contribution in [1.82, 2.24) is 4.31 Å². The van der Waals surface area contributed by atoms with E-state index in [2.05, 4.69) is 5.32 Å². The number of anilines is 1. The Bertz CT molecular complexity index is 952. The second-order valence-electron chi connectivity index (χ2n) is 6.98. The number of piperidine rings is 1. The predicted octanol–water partition coefficient (Wildman–Crippen LogP) is 3.20. The molecule has 1 amide bonds. The van der Waals surface area contributed by atoms with Gasteiger partial charge in [-0.15, -0.1) is 0 Å². The van der Waals surface area contributed by atoms with E-state index in [1.165, 1.54) is 23.5 Å². The van der Waals surface area contributed by atoms with Crippen LogP contribution in [0.25, 0.3) is 0 Å². The van der Waals surface area contributed by atoms with E-state index in [-0.39, 0.29) is 11.5 Å². The van der Waals surface area contributed by atoms with Crippen molar-refractivity contribution in [2.24, 2.45) is 0 Å². The molecule has 0 aliphatic carbocycles. The van der Waals surface area contributed by atoms with Gasteiger partial charge in [0, 0.05) is 13.1 Å². The van der Waals surface area contributed by atoms with E-state index in [9.17, 15) is 13.2 Å². The molecule has 2 aromatic rings. The molecule has 1 fully saturated rings. The highest BCUT2D eigenvalue weighted by Crippen LogP contribution is 2.30. The highest BCUT2D eigenvalue weighted by Gasteiger charge is 2.27. The van der Waals surface area contributed by atoms with E-state index in [0.717, 1.165) is 24.8 Å². The molecular formula is C21H26N2O5S. The summed E-state index contributed by atoms with van der Waals surface area (Å²) in [5.74, 6) is 0.557. The van der Waals surface area contributed by atoms with Crippen LogP contribution >= 0.6 is 0 Å². The smallest absolute Gasteiger partial charge is 0.262 e. The predicted molar refractivity (Wildman–Crippen MR) is 111 cm³/mol. The third-order valence-corrected chi connectivity index (χ3v) is 6.68. The topological polar surface area (TPSA) is 84.9 Å². The van der Waals surface area contributed by atoms with Gasteiger partial charge in [-0.3, -0.25) is 4.79 Å². The molecule has 1 aliphatic rings. The Kier molecular flexibility index (Phi) is 6.76. The fourth-order valence-electron chi connectivity index (χ4n) is 3.17. The van der Waals surface area contributed by atoms with Gasteiger partial charge in [0.15, 0.2) is 6.61 Å². The van der Waals surface area contributed by atoms with E-state index in [0.29, 0.717) is 30.3 Å². The van der Waals surface area contributed by atoms with Crippen molar-refractivity contribution >= 4 is 21.6 Å². The maximum atomic E-state index is 12.9. The summed E-state index contributed by atoms with van der Waals surface area (Å²) in [6, 6.07) is 11.8. The molecule has 0 bridgehead atoms. The number of hydrogen-bond donors (Lipinski definition) is 1. The molecule has 8 heteroatoms. The summed E-state index contributed by atoms with van der Waals surface area (Å²) >= 11 is 0. The molecule has 0 spiro atoms. The van der Waals surface area contributed by atoms with Gasteiger partial charge in [0.25, 0.3) is 5.91 Å². The van der Waals surface area contributed by atoms with Crippen molar-refractivity contribution < 1.29 is 22.7 Å². The molecule has 2 aromatic carbocycles. The largest absolute Gasteiger partial charge is 0.495 e. The molecule has 3 rings (SSSR count). The Morgan fingerprint density at radius 2 is 1.76 bits per heavy atom. The van der Waals surface area contributed by atoms with Crippen molar-refractivity contribution in [3.8, 4) is 11.5 Å². The summed E-state index contributed by atoms with van der Waals surface area (Å²) in [4.78, 5) is 12.5. The first-order valence-corrected chi connectivity index (χ1v) is 11.0. The zero-order valence-corrected chi connectivity index (χ0v) is 17.5. The molecule has 1 aliphatic heterocycles. The molecule has 0 atom stereocenters. The Morgan fingerprint density at radius 3 is 2.41 bits per heavy atom. The van der Waals surface area contributed by atoms with Crippen LogP contribution in [0.3, 0.4) is 0 Å². The number of nitrogens with one attached hydrogen (secondary N) is 1. The standard InChI is InChI=1S/C21H26N2O5S/c1-16-6-8-17(9-7-16)28-15-21(24)22-19-14-18(10-11-20(19)27-2)29(25,26)23-12-4-3-5-13-23/h6-11,14H,3-5,12-13,15H2,1-2H3,(H,22,24). The van der Waals surface area contributed by atoms with E-state index in [1.54, 1.807) is 18.2 Å². The number of benzene rings is 2. The zero-order chi connectivity index (χ0) is 20.9. The van der Waals surface area contributed by atoms with Crippen LogP contribution in [-0.4, -0.2) is 45.4 Å². The third kappa shape index (κ3) is 5.27. The first kappa shape index (κ1) is 21.1. The summed E-state index contributed by atoms with van der Waals surface area (Å²) in [6.45, 7) is 2.80. The lowest BCUT2D eigenvalue weighted by Crippen LogP contribution is -2.35. The molecular weight excluding hydrogens is 392 g/mol. The van der Waals surface area contributed by atoms with Gasteiger partial charge < -0.3 is 14.8 Å². The van der Waals surface area contributed by atoms with E-state index < -0.39 is 15.9 Å². The van der Waals surface area contributed by atoms with Crippen molar-refractivity contribution in [2.75, 3.05) is 32.1 Å². The molecule has 0 saturated carbocycles. The minimum absolute atomic E-state index is 0.134. The van der Waals surface area contributed by atoms with Crippen LogP contribution in [0.5, 0.6) is 11.5 Å². The SMILES string of the molecule is COc1ccc(S(=O)(=O)N2CCCCC2)cc1NC(=O)COc1ccc(C)cc1. The summed E-state index contributed by atoms with van der Waals surface area (Å²) in [7, 11) is -2.14. The number of aryl methyl sites for hydroxylation is 1. The third-order valence-electron chi connectivity index (χ3n) is 4.79. The van der Waals surface area contributed by atoms with Gasteiger partial charge in [-0.25, -0.2) is 8.42 Å². The Balaban J connectivity index is 1.72.